The molecule has 2 aromatic carbocycles. The summed E-state index contributed by atoms with van der Waals surface area (Å²) in [7, 11) is 0. The fraction of sp³-hybridized carbons (Fsp3) is 0.100. The Morgan fingerprint density at radius 1 is 1.17 bits per heavy atom. The second-order valence-corrected chi connectivity index (χ2v) is 6.93. The molecule has 146 valence electrons. The number of nitrogens with zero attached hydrogens (tertiary/aromatic N) is 4. The molecule has 0 amide bonds. The summed E-state index contributed by atoms with van der Waals surface area (Å²) in [6, 6.07) is 9.74. The first-order valence-corrected chi connectivity index (χ1v) is 9.08. The minimum atomic E-state index is -0.442. The van der Waals surface area contributed by atoms with E-state index in [9.17, 15) is 10.1 Å². The van der Waals surface area contributed by atoms with Crippen molar-refractivity contribution >= 4 is 34.4 Å². The highest BCUT2D eigenvalue weighted by atomic mass is 35.5. The number of rotatable bonds is 5. The predicted molar refractivity (Wildman–Crippen MR) is 110 cm³/mol. The quantitative estimate of drug-likeness (QED) is 0.348. The molecule has 9 heteroatoms. The minimum Gasteiger partial charge on any atom is -0.435 e. The average molecular weight is 410 g/mol. The Kier molecular flexibility index (Phi) is 4.77. The van der Waals surface area contributed by atoms with Crippen molar-refractivity contribution < 1.29 is 9.66 Å². The number of fused-ring (bicyclic) bond motifs is 1. The molecule has 0 aliphatic rings. The smallest absolute Gasteiger partial charge is 0.269 e. The molecular weight excluding hydrogens is 394 g/mol. The van der Waals surface area contributed by atoms with E-state index in [2.05, 4.69) is 15.3 Å². The molecule has 4 rings (SSSR count). The maximum Gasteiger partial charge on any atom is 0.269 e. The van der Waals surface area contributed by atoms with Crippen LogP contribution in [0.1, 0.15) is 11.1 Å². The Labute approximate surface area is 170 Å². The molecule has 0 fully saturated rings. The molecule has 0 saturated heterocycles. The van der Waals surface area contributed by atoms with Crippen LogP contribution in [0.3, 0.4) is 0 Å². The molecule has 0 unspecified atom stereocenters. The Morgan fingerprint density at radius 2 is 1.86 bits per heavy atom. The number of aromatic nitrogens is 3. The van der Waals surface area contributed by atoms with Gasteiger partial charge in [-0.3, -0.25) is 14.5 Å². The van der Waals surface area contributed by atoms with E-state index in [-0.39, 0.29) is 5.69 Å². The van der Waals surface area contributed by atoms with Crippen molar-refractivity contribution in [1.29, 1.82) is 0 Å². The summed E-state index contributed by atoms with van der Waals surface area (Å²) >= 11 is 6.11. The van der Waals surface area contributed by atoms with Crippen molar-refractivity contribution in [2.24, 2.45) is 0 Å². The second kappa shape index (κ2) is 7.40. The first-order valence-electron chi connectivity index (χ1n) is 8.70. The van der Waals surface area contributed by atoms with Gasteiger partial charge in [0.25, 0.3) is 11.6 Å². The number of nitro groups is 1. The minimum absolute atomic E-state index is 0.0197. The predicted octanol–water partition coefficient (Wildman–Crippen LogP) is 5.44. The van der Waals surface area contributed by atoms with Gasteiger partial charge in [0.15, 0.2) is 5.82 Å². The first kappa shape index (κ1) is 18.7. The van der Waals surface area contributed by atoms with Gasteiger partial charge in [0.2, 0.25) is 5.65 Å². The third kappa shape index (κ3) is 3.83. The summed E-state index contributed by atoms with van der Waals surface area (Å²) in [5.74, 6) is 1.50. The van der Waals surface area contributed by atoms with Crippen LogP contribution in [-0.2, 0) is 0 Å². The van der Waals surface area contributed by atoms with E-state index in [4.69, 9.17) is 16.3 Å². The van der Waals surface area contributed by atoms with E-state index in [0.717, 1.165) is 11.1 Å². The van der Waals surface area contributed by atoms with Crippen LogP contribution < -0.4 is 10.1 Å². The summed E-state index contributed by atoms with van der Waals surface area (Å²) in [5.41, 5.74) is 3.01. The average Bonchev–Trinajstić information content (AvgIpc) is 3.13. The van der Waals surface area contributed by atoms with Crippen molar-refractivity contribution in [3.05, 3.63) is 81.3 Å². The van der Waals surface area contributed by atoms with Crippen LogP contribution in [0.15, 0.2) is 55.0 Å². The summed E-state index contributed by atoms with van der Waals surface area (Å²) in [6.45, 7) is 3.83. The highest BCUT2D eigenvalue weighted by Gasteiger charge is 2.14. The molecule has 2 heterocycles. The number of imidazole rings is 1. The topological polar surface area (TPSA) is 94.6 Å². The van der Waals surface area contributed by atoms with Gasteiger partial charge in [-0.25, -0.2) is 4.98 Å². The molecule has 0 spiro atoms. The molecule has 0 radical (unpaired) electrons. The number of halogens is 1. The number of non-ortho nitro benzene ring substituents is 1. The van der Waals surface area contributed by atoms with Gasteiger partial charge in [-0.15, -0.1) is 0 Å². The zero-order valence-corrected chi connectivity index (χ0v) is 16.3. The van der Waals surface area contributed by atoms with Gasteiger partial charge in [0.1, 0.15) is 5.75 Å². The Morgan fingerprint density at radius 3 is 2.52 bits per heavy atom. The van der Waals surface area contributed by atoms with Crippen LogP contribution >= 0.6 is 11.6 Å². The molecule has 0 saturated carbocycles. The van der Waals surface area contributed by atoms with Gasteiger partial charge >= 0.3 is 0 Å². The zero-order valence-electron chi connectivity index (χ0n) is 15.6. The standard InChI is InChI=1S/C20H16ClN5O3/c1-12-9-14(21)10-13(2)18(12)29-20-19-22-7-8-25(19)11-17(24-20)23-15-3-5-16(6-4-15)26(27)28/h3-11,23H,1-2H3. The fourth-order valence-corrected chi connectivity index (χ4v) is 3.33. The maximum atomic E-state index is 10.8. The summed E-state index contributed by atoms with van der Waals surface area (Å²) in [5, 5.41) is 14.6. The largest absolute Gasteiger partial charge is 0.435 e. The van der Waals surface area contributed by atoms with Crippen molar-refractivity contribution in [2.45, 2.75) is 13.8 Å². The lowest BCUT2D eigenvalue weighted by atomic mass is 10.1. The molecule has 0 atom stereocenters. The molecule has 2 aromatic heterocycles. The Hall–Kier alpha value is -3.65. The highest BCUT2D eigenvalue weighted by molar-refractivity contribution is 6.30. The van der Waals surface area contributed by atoms with Gasteiger partial charge in [-0.2, -0.15) is 4.98 Å². The Balaban J connectivity index is 1.70. The maximum absolute atomic E-state index is 10.8. The number of ether oxygens (including phenoxy) is 1. The van der Waals surface area contributed by atoms with Crippen molar-refractivity contribution in [1.82, 2.24) is 14.4 Å². The number of aryl methyl sites for hydroxylation is 2. The van der Waals surface area contributed by atoms with Crippen molar-refractivity contribution in [3.8, 4) is 11.6 Å². The van der Waals surface area contributed by atoms with Crippen LogP contribution in [0.4, 0.5) is 17.2 Å². The molecular formula is C20H16ClN5O3. The molecule has 1 N–H and O–H groups in total. The van der Waals surface area contributed by atoms with Gasteiger partial charge in [-0.1, -0.05) is 11.6 Å². The van der Waals surface area contributed by atoms with E-state index in [1.807, 2.05) is 26.0 Å². The number of nitrogens with one attached hydrogen (secondary N) is 1. The van der Waals surface area contributed by atoms with Crippen LogP contribution in [-0.4, -0.2) is 19.3 Å². The normalized spacial score (nSPS) is 10.9. The number of nitro benzene ring substituents is 1. The fourth-order valence-electron chi connectivity index (χ4n) is 3.00. The van der Waals surface area contributed by atoms with E-state index >= 15 is 0 Å². The van der Waals surface area contributed by atoms with Crippen LogP contribution in [0, 0.1) is 24.0 Å². The van der Waals surface area contributed by atoms with Crippen LogP contribution in [0.5, 0.6) is 11.6 Å². The monoisotopic (exact) mass is 409 g/mol. The first-order chi connectivity index (χ1) is 13.9. The van der Waals surface area contributed by atoms with Gasteiger partial charge in [0, 0.05) is 35.2 Å². The van der Waals surface area contributed by atoms with E-state index in [0.29, 0.717) is 33.8 Å². The van der Waals surface area contributed by atoms with Crippen molar-refractivity contribution in [3.63, 3.8) is 0 Å². The van der Waals surface area contributed by atoms with Crippen LogP contribution in [0.2, 0.25) is 5.02 Å². The van der Waals surface area contributed by atoms with Gasteiger partial charge < -0.3 is 10.1 Å². The lowest BCUT2D eigenvalue weighted by Crippen LogP contribution is -2.01. The molecule has 0 bridgehead atoms. The zero-order chi connectivity index (χ0) is 20.5. The van der Waals surface area contributed by atoms with Gasteiger partial charge in [0.05, 0.1) is 11.1 Å². The number of benzene rings is 2. The van der Waals surface area contributed by atoms with Crippen LogP contribution in [0.25, 0.3) is 5.65 Å². The second-order valence-electron chi connectivity index (χ2n) is 6.49. The lowest BCUT2D eigenvalue weighted by Gasteiger charge is -2.14. The lowest BCUT2D eigenvalue weighted by molar-refractivity contribution is -0.384. The number of hydrogen-bond acceptors (Lipinski definition) is 6. The molecule has 0 aliphatic heterocycles. The summed E-state index contributed by atoms with van der Waals surface area (Å²) in [4.78, 5) is 19.2. The third-order valence-corrected chi connectivity index (χ3v) is 4.54. The van der Waals surface area contributed by atoms with E-state index in [1.165, 1.54) is 12.1 Å². The third-order valence-electron chi connectivity index (χ3n) is 4.32. The summed E-state index contributed by atoms with van der Waals surface area (Å²) in [6.07, 6.45) is 5.20. The van der Waals surface area contributed by atoms with Crippen molar-refractivity contribution in [2.75, 3.05) is 5.32 Å². The molecule has 8 nitrogen and oxygen atoms in total. The number of anilines is 2. The molecule has 4 aromatic rings. The molecule has 29 heavy (non-hydrogen) atoms. The number of hydrogen-bond donors (Lipinski definition) is 1. The highest BCUT2D eigenvalue weighted by Crippen LogP contribution is 2.33. The molecule has 0 aliphatic carbocycles. The Bertz CT molecular complexity index is 1200. The SMILES string of the molecule is Cc1cc(Cl)cc(C)c1Oc1nc(Nc2ccc([N+](=O)[O-])cc2)cn2ccnc12. The van der Waals surface area contributed by atoms with E-state index < -0.39 is 4.92 Å². The summed E-state index contributed by atoms with van der Waals surface area (Å²) < 4.78 is 7.90. The van der Waals surface area contributed by atoms with Gasteiger partial charge in [-0.05, 0) is 49.2 Å². The van der Waals surface area contributed by atoms with E-state index in [1.54, 1.807) is 35.1 Å².